The number of hydrogen-bond acceptors (Lipinski definition) is 3. The van der Waals surface area contributed by atoms with Crippen LogP contribution in [0.4, 0.5) is 15.8 Å². The second kappa shape index (κ2) is 7.00. The number of carbonyl (C=O) groups is 1. The van der Waals surface area contributed by atoms with Gasteiger partial charge in [0, 0.05) is 27.8 Å². The fourth-order valence-electron chi connectivity index (χ4n) is 1.68. The van der Waals surface area contributed by atoms with Gasteiger partial charge in [0.1, 0.15) is 5.82 Å². The highest BCUT2D eigenvalue weighted by Crippen LogP contribution is 2.23. The molecule has 1 aromatic carbocycles. The third kappa shape index (κ3) is 4.50. The van der Waals surface area contributed by atoms with Gasteiger partial charge in [-0.2, -0.15) is 0 Å². The molecule has 0 saturated heterocycles. The number of halogens is 3. The van der Waals surface area contributed by atoms with Crippen LogP contribution >= 0.6 is 31.9 Å². The summed E-state index contributed by atoms with van der Waals surface area (Å²) in [7, 11) is 0. The summed E-state index contributed by atoms with van der Waals surface area (Å²) in [5.74, 6) is -0.790. The molecule has 0 aliphatic carbocycles. The van der Waals surface area contributed by atoms with Crippen molar-refractivity contribution in [1.29, 1.82) is 0 Å². The van der Waals surface area contributed by atoms with E-state index in [4.69, 9.17) is 0 Å². The monoisotopic (exact) mass is 415 g/mol. The van der Waals surface area contributed by atoms with Gasteiger partial charge in [0.15, 0.2) is 0 Å². The third-order valence-electron chi connectivity index (χ3n) is 2.62. The zero-order valence-corrected chi connectivity index (χ0v) is 14.3. The molecule has 0 fully saturated rings. The zero-order chi connectivity index (χ0) is 15.4. The first kappa shape index (κ1) is 15.9. The maximum absolute atomic E-state index is 13.5. The number of nitrogens with one attached hydrogen (secondary N) is 2. The van der Waals surface area contributed by atoms with Crippen LogP contribution in [0.1, 0.15) is 12.6 Å². The molecule has 0 radical (unpaired) electrons. The highest BCUT2D eigenvalue weighted by Gasteiger charge is 2.06. The van der Waals surface area contributed by atoms with E-state index >= 15 is 0 Å². The van der Waals surface area contributed by atoms with Gasteiger partial charge in [0.2, 0.25) is 5.91 Å². The quantitative estimate of drug-likeness (QED) is 0.780. The van der Waals surface area contributed by atoms with E-state index in [-0.39, 0.29) is 11.6 Å². The number of hydrogen-bond donors (Lipinski definition) is 2. The molecule has 0 spiro atoms. The number of anilines is 2. The van der Waals surface area contributed by atoms with Gasteiger partial charge in [-0.15, -0.1) is 0 Å². The van der Waals surface area contributed by atoms with Crippen LogP contribution in [0.5, 0.6) is 0 Å². The average Bonchev–Trinajstić information content (AvgIpc) is 2.40. The third-order valence-corrected chi connectivity index (χ3v) is 3.74. The smallest absolute Gasteiger partial charge is 0.221 e. The van der Waals surface area contributed by atoms with Crippen molar-refractivity contribution in [2.75, 3.05) is 10.6 Å². The minimum atomic E-state index is -0.473. The Labute approximate surface area is 138 Å². The summed E-state index contributed by atoms with van der Waals surface area (Å²) in [6, 6.07) is 6.35. The van der Waals surface area contributed by atoms with Crippen LogP contribution in [0.15, 0.2) is 39.4 Å². The van der Waals surface area contributed by atoms with Gasteiger partial charge < -0.3 is 10.6 Å². The molecule has 21 heavy (non-hydrogen) atoms. The maximum atomic E-state index is 13.5. The van der Waals surface area contributed by atoms with E-state index in [0.717, 1.165) is 14.6 Å². The van der Waals surface area contributed by atoms with Crippen molar-refractivity contribution in [3.8, 4) is 0 Å². The molecule has 7 heteroatoms. The molecule has 1 heterocycles. The van der Waals surface area contributed by atoms with E-state index in [1.165, 1.54) is 13.0 Å². The van der Waals surface area contributed by atoms with Gasteiger partial charge in [0.25, 0.3) is 0 Å². The molecule has 110 valence electrons. The number of rotatable bonds is 4. The van der Waals surface area contributed by atoms with Crippen molar-refractivity contribution < 1.29 is 9.18 Å². The van der Waals surface area contributed by atoms with E-state index in [1.807, 2.05) is 6.07 Å². The highest BCUT2D eigenvalue weighted by molar-refractivity contribution is 9.11. The number of amides is 1. The van der Waals surface area contributed by atoms with Gasteiger partial charge in [-0.3, -0.25) is 9.78 Å². The van der Waals surface area contributed by atoms with E-state index < -0.39 is 5.82 Å². The SMILES string of the molecule is CC(=O)Nc1cc(NCc2ncc(Br)cc2Br)ccc1F. The Morgan fingerprint density at radius 3 is 2.76 bits per heavy atom. The molecule has 1 aromatic heterocycles. The molecule has 1 amide bonds. The molecule has 2 rings (SSSR count). The summed E-state index contributed by atoms with van der Waals surface area (Å²) < 4.78 is 15.3. The van der Waals surface area contributed by atoms with Crippen molar-refractivity contribution in [3.63, 3.8) is 0 Å². The van der Waals surface area contributed by atoms with Crippen molar-refractivity contribution in [2.24, 2.45) is 0 Å². The molecule has 0 saturated carbocycles. The molecular formula is C14H12Br2FN3O. The predicted molar refractivity (Wildman–Crippen MR) is 87.7 cm³/mol. The summed E-state index contributed by atoms with van der Waals surface area (Å²) in [6.07, 6.45) is 1.70. The number of aromatic nitrogens is 1. The van der Waals surface area contributed by atoms with Gasteiger partial charge in [-0.1, -0.05) is 0 Å². The molecule has 2 aromatic rings. The zero-order valence-electron chi connectivity index (χ0n) is 11.1. The fourth-order valence-corrected chi connectivity index (χ4v) is 2.81. The lowest BCUT2D eigenvalue weighted by atomic mass is 10.2. The number of pyridine rings is 1. The second-order valence-electron chi connectivity index (χ2n) is 4.31. The topological polar surface area (TPSA) is 54.0 Å². The first-order chi connectivity index (χ1) is 9.95. The average molecular weight is 417 g/mol. The van der Waals surface area contributed by atoms with Crippen LogP contribution < -0.4 is 10.6 Å². The Morgan fingerprint density at radius 2 is 2.10 bits per heavy atom. The van der Waals surface area contributed by atoms with Crippen LogP contribution in [0.2, 0.25) is 0 Å². The molecule has 0 aliphatic heterocycles. The van der Waals surface area contributed by atoms with Gasteiger partial charge >= 0.3 is 0 Å². The standard InChI is InChI=1S/C14H12Br2FN3O/c1-8(21)20-13-5-10(2-3-12(13)17)18-7-14-11(16)4-9(15)6-19-14/h2-6,18H,7H2,1H3,(H,20,21). The fraction of sp³-hybridized carbons (Fsp3) is 0.143. The largest absolute Gasteiger partial charge is 0.379 e. The summed E-state index contributed by atoms with van der Waals surface area (Å²) >= 11 is 6.77. The van der Waals surface area contributed by atoms with Crippen LogP contribution in [-0.4, -0.2) is 10.9 Å². The van der Waals surface area contributed by atoms with Crippen molar-refractivity contribution >= 4 is 49.1 Å². The summed E-state index contributed by atoms with van der Waals surface area (Å²) in [5, 5.41) is 5.58. The van der Waals surface area contributed by atoms with E-state index in [2.05, 4.69) is 47.5 Å². The molecular weight excluding hydrogens is 405 g/mol. The first-order valence-corrected chi connectivity index (χ1v) is 7.65. The van der Waals surface area contributed by atoms with Crippen molar-refractivity contribution in [3.05, 3.63) is 50.9 Å². The van der Waals surface area contributed by atoms with Gasteiger partial charge in [-0.05, 0) is 56.1 Å². The summed E-state index contributed by atoms with van der Waals surface area (Å²) in [5.41, 5.74) is 1.66. The highest BCUT2D eigenvalue weighted by atomic mass is 79.9. The Morgan fingerprint density at radius 1 is 1.33 bits per heavy atom. The Balaban J connectivity index is 2.11. The van der Waals surface area contributed by atoms with E-state index in [1.54, 1.807) is 18.3 Å². The minimum absolute atomic E-state index is 0.148. The van der Waals surface area contributed by atoms with Crippen LogP contribution in [0.3, 0.4) is 0 Å². The lowest BCUT2D eigenvalue weighted by molar-refractivity contribution is -0.114. The number of carbonyl (C=O) groups excluding carboxylic acids is 1. The van der Waals surface area contributed by atoms with Gasteiger partial charge in [0.05, 0.1) is 17.9 Å². The second-order valence-corrected chi connectivity index (χ2v) is 6.08. The van der Waals surface area contributed by atoms with Crippen molar-refractivity contribution in [2.45, 2.75) is 13.5 Å². The molecule has 2 N–H and O–H groups in total. The van der Waals surface area contributed by atoms with E-state index in [9.17, 15) is 9.18 Å². The normalized spacial score (nSPS) is 10.3. The van der Waals surface area contributed by atoms with Crippen LogP contribution in [0, 0.1) is 5.82 Å². The summed E-state index contributed by atoms with van der Waals surface area (Å²) in [6.45, 7) is 1.81. The molecule has 4 nitrogen and oxygen atoms in total. The number of nitrogens with zero attached hydrogens (tertiary/aromatic N) is 1. The molecule has 0 aliphatic rings. The molecule has 0 unspecified atom stereocenters. The molecule has 0 bridgehead atoms. The Kier molecular flexibility index (Phi) is 5.30. The Hall–Kier alpha value is -1.47. The first-order valence-electron chi connectivity index (χ1n) is 6.06. The van der Waals surface area contributed by atoms with E-state index in [0.29, 0.717) is 12.2 Å². The lowest BCUT2D eigenvalue weighted by Crippen LogP contribution is -2.08. The van der Waals surface area contributed by atoms with Crippen LogP contribution in [-0.2, 0) is 11.3 Å². The predicted octanol–water partition coefficient (Wildman–Crippen LogP) is 4.32. The minimum Gasteiger partial charge on any atom is -0.379 e. The van der Waals surface area contributed by atoms with Crippen molar-refractivity contribution in [1.82, 2.24) is 4.98 Å². The summed E-state index contributed by atoms with van der Waals surface area (Å²) in [4.78, 5) is 15.3. The van der Waals surface area contributed by atoms with Gasteiger partial charge in [-0.25, -0.2) is 4.39 Å². The number of benzene rings is 1. The Bertz CT molecular complexity index is 679. The maximum Gasteiger partial charge on any atom is 0.221 e. The molecule has 0 atom stereocenters. The lowest BCUT2D eigenvalue weighted by Gasteiger charge is -2.10. The van der Waals surface area contributed by atoms with Crippen LogP contribution in [0.25, 0.3) is 0 Å².